The molecule has 0 unspecified atom stereocenters. The minimum atomic E-state index is -4.43. The number of halogens is 3. The van der Waals surface area contributed by atoms with Crippen molar-refractivity contribution in [3.05, 3.63) is 35.4 Å². The van der Waals surface area contributed by atoms with Crippen LogP contribution in [0.3, 0.4) is 0 Å². The number of benzene rings is 1. The fraction of sp³-hybridized carbons (Fsp3) is 0.619. The van der Waals surface area contributed by atoms with Crippen molar-refractivity contribution in [1.29, 1.82) is 0 Å². The molecule has 1 aromatic rings. The molecule has 2 atom stereocenters. The molecule has 2 aliphatic heterocycles. The second kappa shape index (κ2) is 7.97. The molecular formula is C21H25F3N2O3. The van der Waals surface area contributed by atoms with Gasteiger partial charge in [-0.2, -0.15) is 13.2 Å². The van der Waals surface area contributed by atoms with Gasteiger partial charge in [0.1, 0.15) is 0 Å². The Bertz CT molecular complexity index is 773. The summed E-state index contributed by atoms with van der Waals surface area (Å²) >= 11 is 0. The first-order valence-corrected chi connectivity index (χ1v) is 10.2. The maximum absolute atomic E-state index is 13.2. The number of hydrogen-bond donors (Lipinski definition) is 0. The van der Waals surface area contributed by atoms with Gasteiger partial charge in [-0.1, -0.05) is 12.1 Å². The standard InChI is InChI=1S/C21H25F3N2O3/c22-21(23,24)17-3-1-2-15(12-17)18-7-6-16(13-26(18)20(28)14-4-5-14)19(27)25-8-10-29-11-9-25/h1-3,12,14,16,18H,4-11,13H2/t16-,18-/m0/s1. The zero-order chi connectivity index (χ0) is 20.6. The van der Waals surface area contributed by atoms with Crippen molar-refractivity contribution in [1.82, 2.24) is 9.80 Å². The Hall–Kier alpha value is -2.09. The first-order valence-electron chi connectivity index (χ1n) is 10.2. The first-order chi connectivity index (χ1) is 13.8. The molecular weight excluding hydrogens is 385 g/mol. The number of nitrogens with zero attached hydrogens (tertiary/aromatic N) is 2. The number of alkyl halides is 3. The topological polar surface area (TPSA) is 49.9 Å². The minimum absolute atomic E-state index is 0.0180. The van der Waals surface area contributed by atoms with Crippen LogP contribution in [0, 0.1) is 11.8 Å². The molecule has 8 heteroatoms. The lowest BCUT2D eigenvalue weighted by Crippen LogP contribution is -2.50. The molecule has 3 fully saturated rings. The maximum Gasteiger partial charge on any atom is 0.416 e. The molecule has 3 aliphatic rings. The van der Waals surface area contributed by atoms with Gasteiger partial charge in [0.05, 0.1) is 30.7 Å². The van der Waals surface area contributed by atoms with E-state index in [2.05, 4.69) is 0 Å². The van der Waals surface area contributed by atoms with Crippen LogP contribution < -0.4 is 0 Å². The number of hydrogen-bond acceptors (Lipinski definition) is 3. The first kappa shape index (κ1) is 20.2. The van der Waals surface area contributed by atoms with Crippen molar-refractivity contribution >= 4 is 11.8 Å². The summed E-state index contributed by atoms with van der Waals surface area (Å²) < 4.78 is 44.8. The Morgan fingerprint density at radius 1 is 0.966 bits per heavy atom. The highest BCUT2D eigenvalue weighted by Crippen LogP contribution is 2.41. The normalized spacial score (nSPS) is 25.8. The lowest BCUT2D eigenvalue weighted by Gasteiger charge is -2.41. The average Bonchev–Trinajstić information content (AvgIpc) is 3.58. The van der Waals surface area contributed by atoms with Crippen LogP contribution in [0.1, 0.15) is 42.9 Å². The third-order valence-corrected chi connectivity index (χ3v) is 6.06. The number of likely N-dealkylation sites (tertiary alicyclic amines) is 1. The van der Waals surface area contributed by atoms with Crippen LogP contribution in [-0.4, -0.2) is 54.5 Å². The van der Waals surface area contributed by atoms with E-state index in [9.17, 15) is 22.8 Å². The van der Waals surface area contributed by atoms with Crippen LogP contribution in [-0.2, 0) is 20.5 Å². The molecule has 0 bridgehead atoms. The zero-order valence-corrected chi connectivity index (χ0v) is 16.2. The summed E-state index contributed by atoms with van der Waals surface area (Å²) in [5.74, 6) is -0.380. The number of morpholine rings is 1. The molecule has 1 saturated carbocycles. The lowest BCUT2D eigenvalue weighted by atomic mass is 9.87. The molecule has 0 N–H and O–H groups in total. The fourth-order valence-corrected chi connectivity index (χ4v) is 4.29. The Balaban J connectivity index is 1.55. The minimum Gasteiger partial charge on any atom is -0.378 e. The van der Waals surface area contributed by atoms with E-state index in [1.165, 1.54) is 6.07 Å². The molecule has 2 heterocycles. The summed E-state index contributed by atoms with van der Waals surface area (Å²) in [6, 6.07) is 4.81. The highest BCUT2D eigenvalue weighted by Gasteiger charge is 2.42. The predicted molar refractivity (Wildman–Crippen MR) is 98.7 cm³/mol. The summed E-state index contributed by atoms with van der Waals surface area (Å²) in [6.07, 6.45) is -1.75. The SMILES string of the molecule is O=C([C@H]1CC[C@@H](c2cccc(C(F)(F)F)c2)N(C(=O)C2CC2)C1)N1CCOCC1. The van der Waals surface area contributed by atoms with Crippen LogP contribution >= 0.6 is 0 Å². The van der Waals surface area contributed by atoms with Gasteiger partial charge in [0, 0.05) is 25.6 Å². The second-order valence-corrected chi connectivity index (χ2v) is 8.12. The van der Waals surface area contributed by atoms with E-state index in [0.717, 1.165) is 25.0 Å². The zero-order valence-electron chi connectivity index (χ0n) is 16.2. The van der Waals surface area contributed by atoms with Crippen molar-refractivity contribution in [2.75, 3.05) is 32.8 Å². The van der Waals surface area contributed by atoms with E-state index in [1.54, 1.807) is 15.9 Å². The number of piperidine rings is 1. The van der Waals surface area contributed by atoms with Crippen molar-refractivity contribution in [2.24, 2.45) is 11.8 Å². The van der Waals surface area contributed by atoms with Crippen LogP contribution in [0.4, 0.5) is 13.2 Å². The Morgan fingerprint density at radius 3 is 2.31 bits per heavy atom. The average molecular weight is 410 g/mol. The van der Waals surface area contributed by atoms with E-state index in [4.69, 9.17) is 4.74 Å². The van der Waals surface area contributed by atoms with Crippen LogP contribution in [0.25, 0.3) is 0 Å². The van der Waals surface area contributed by atoms with Gasteiger partial charge in [0.2, 0.25) is 11.8 Å². The van der Waals surface area contributed by atoms with Gasteiger partial charge >= 0.3 is 6.18 Å². The summed E-state index contributed by atoms with van der Waals surface area (Å²) in [5, 5.41) is 0. The molecule has 2 saturated heterocycles. The van der Waals surface area contributed by atoms with Crippen molar-refractivity contribution in [3.8, 4) is 0 Å². The second-order valence-electron chi connectivity index (χ2n) is 8.12. The Kier molecular flexibility index (Phi) is 5.55. The van der Waals surface area contributed by atoms with Crippen molar-refractivity contribution in [3.63, 3.8) is 0 Å². The molecule has 1 aliphatic carbocycles. The maximum atomic E-state index is 13.2. The number of carbonyl (C=O) groups excluding carboxylic acids is 2. The molecule has 1 aromatic carbocycles. The van der Waals surface area contributed by atoms with Gasteiger partial charge < -0.3 is 14.5 Å². The highest BCUT2D eigenvalue weighted by atomic mass is 19.4. The fourth-order valence-electron chi connectivity index (χ4n) is 4.29. The van der Waals surface area contributed by atoms with Gasteiger partial charge in [-0.15, -0.1) is 0 Å². The van der Waals surface area contributed by atoms with Gasteiger partial charge in [0.15, 0.2) is 0 Å². The van der Waals surface area contributed by atoms with Crippen molar-refractivity contribution < 1.29 is 27.5 Å². The van der Waals surface area contributed by atoms with E-state index < -0.39 is 17.8 Å². The number of carbonyl (C=O) groups is 2. The third kappa shape index (κ3) is 4.42. The van der Waals surface area contributed by atoms with Gasteiger partial charge in [-0.25, -0.2) is 0 Å². The highest BCUT2D eigenvalue weighted by molar-refractivity contribution is 5.84. The van der Waals surface area contributed by atoms with Gasteiger partial charge in [0.25, 0.3) is 0 Å². The van der Waals surface area contributed by atoms with Crippen LogP contribution in [0.2, 0.25) is 0 Å². The predicted octanol–water partition coefficient (Wildman–Crippen LogP) is 3.25. The molecule has 0 radical (unpaired) electrons. The Morgan fingerprint density at radius 2 is 1.66 bits per heavy atom. The van der Waals surface area contributed by atoms with Crippen molar-refractivity contribution in [2.45, 2.75) is 37.9 Å². The molecule has 2 amide bonds. The summed E-state index contributed by atoms with van der Waals surface area (Å²) in [6.45, 7) is 2.38. The molecule has 29 heavy (non-hydrogen) atoms. The quantitative estimate of drug-likeness (QED) is 0.769. The number of ether oxygens (including phenoxy) is 1. The largest absolute Gasteiger partial charge is 0.416 e. The third-order valence-electron chi connectivity index (χ3n) is 6.06. The van der Waals surface area contributed by atoms with Crippen LogP contribution in [0.5, 0.6) is 0 Å². The molecule has 4 rings (SSSR count). The smallest absolute Gasteiger partial charge is 0.378 e. The van der Waals surface area contributed by atoms with E-state index >= 15 is 0 Å². The van der Waals surface area contributed by atoms with E-state index in [0.29, 0.717) is 44.7 Å². The van der Waals surface area contributed by atoms with E-state index in [1.807, 2.05) is 0 Å². The lowest BCUT2D eigenvalue weighted by molar-refractivity contribution is -0.146. The van der Waals surface area contributed by atoms with Gasteiger partial charge in [-0.05, 0) is 43.4 Å². The van der Waals surface area contributed by atoms with Gasteiger partial charge in [-0.3, -0.25) is 9.59 Å². The number of amides is 2. The molecule has 158 valence electrons. The summed E-state index contributed by atoms with van der Waals surface area (Å²) in [4.78, 5) is 29.3. The molecule has 0 aromatic heterocycles. The van der Waals surface area contributed by atoms with E-state index in [-0.39, 0.29) is 30.2 Å². The molecule has 0 spiro atoms. The summed E-state index contributed by atoms with van der Waals surface area (Å²) in [7, 11) is 0. The number of rotatable bonds is 3. The monoisotopic (exact) mass is 410 g/mol. The van der Waals surface area contributed by atoms with Crippen LogP contribution in [0.15, 0.2) is 24.3 Å². The molecule has 5 nitrogen and oxygen atoms in total. The summed E-state index contributed by atoms with van der Waals surface area (Å²) in [5.41, 5.74) is -0.216. The Labute approximate surface area is 167 Å².